The fourth-order valence-corrected chi connectivity index (χ4v) is 5.45. The van der Waals surface area contributed by atoms with Gasteiger partial charge in [0, 0.05) is 21.4 Å². The lowest BCUT2D eigenvalue weighted by Crippen LogP contribution is -2.55. The Balaban J connectivity index is 1.83. The predicted molar refractivity (Wildman–Crippen MR) is 118 cm³/mol. The maximum atomic E-state index is 13.4. The van der Waals surface area contributed by atoms with Crippen molar-refractivity contribution in [3.8, 4) is 0 Å². The Bertz CT molecular complexity index is 992. The summed E-state index contributed by atoms with van der Waals surface area (Å²) in [5, 5.41) is 11.3. The zero-order chi connectivity index (χ0) is 21.4. The van der Waals surface area contributed by atoms with Gasteiger partial charge in [-0.25, -0.2) is 4.89 Å². The van der Waals surface area contributed by atoms with Gasteiger partial charge in [-0.3, -0.25) is 4.21 Å². The van der Waals surface area contributed by atoms with Crippen molar-refractivity contribution in [2.75, 3.05) is 0 Å². The van der Waals surface area contributed by atoms with E-state index in [-0.39, 0.29) is 6.42 Å². The molecule has 0 bridgehead atoms. The summed E-state index contributed by atoms with van der Waals surface area (Å²) in [6.07, 6.45) is 0.213. The Morgan fingerprint density at radius 2 is 1.37 bits per heavy atom. The third-order valence-corrected chi connectivity index (χ3v) is 7.64. The smallest absolute Gasteiger partial charge is 0.211 e. The van der Waals surface area contributed by atoms with Crippen LogP contribution in [0.2, 0.25) is 10.0 Å². The first-order valence-electron chi connectivity index (χ1n) is 9.39. The van der Waals surface area contributed by atoms with Crippen molar-refractivity contribution in [3.63, 3.8) is 0 Å². The largest absolute Gasteiger partial charge is 0.363 e. The van der Waals surface area contributed by atoms with Gasteiger partial charge in [-0.05, 0) is 54.4 Å². The zero-order valence-corrected chi connectivity index (χ0v) is 18.5. The predicted octanol–water partition coefficient (Wildman–Crippen LogP) is 5.47. The summed E-state index contributed by atoms with van der Waals surface area (Å²) in [5.41, 5.74) is 0.423. The highest BCUT2D eigenvalue weighted by molar-refractivity contribution is 7.85. The molecule has 0 radical (unpaired) electrons. The van der Waals surface area contributed by atoms with Crippen LogP contribution in [0.5, 0.6) is 0 Å². The van der Waals surface area contributed by atoms with Crippen LogP contribution in [0.1, 0.15) is 24.5 Å². The molecule has 1 saturated heterocycles. The second-order valence-corrected chi connectivity index (χ2v) is 9.87. The Kier molecular flexibility index (Phi) is 6.04. The van der Waals surface area contributed by atoms with Crippen molar-refractivity contribution >= 4 is 34.0 Å². The van der Waals surface area contributed by atoms with E-state index in [0.29, 0.717) is 14.9 Å². The van der Waals surface area contributed by atoms with E-state index >= 15 is 0 Å². The summed E-state index contributed by atoms with van der Waals surface area (Å²) >= 11 is 12.2. The molecule has 1 fully saturated rings. The molecule has 0 aromatic heterocycles. The van der Waals surface area contributed by atoms with Crippen molar-refractivity contribution < 1.29 is 19.1 Å². The quantitative estimate of drug-likeness (QED) is 0.521. The van der Waals surface area contributed by atoms with Crippen molar-refractivity contribution in [1.82, 2.24) is 0 Å². The highest BCUT2D eigenvalue weighted by Crippen LogP contribution is 2.47. The highest BCUT2D eigenvalue weighted by atomic mass is 35.5. The van der Waals surface area contributed by atoms with Gasteiger partial charge < -0.3 is 5.11 Å². The van der Waals surface area contributed by atoms with E-state index in [2.05, 4.69) is 0 Å². The number of hydrogen-bond acceptors (Lipinski definition) is 4. The summed E-state index contributed by atoms with van der Waals surface area (Å²) in [6.45, 7) is 1.46. The van der Waals surface area contributed by atoms with E-state index in [0.717, 1.165) is 11.1 Å². The molecule has 4 rings (SSSR count). The molecule has 0 spiro atoms. The molecule has 0 amide bonds. The highest BCUT2D eigenvalue weighted by Gasteiger charge is 2.53. The van der Waals surface area contributed by atoms with Gasteiger partial charge in [0.1, 0.15) is 0 Å². The van der Waals surface area contributed by atoms with Crippen LogP contribution in [-0.2, 0) is 26.2 Å². The Morgan fingerprint density at radius 3 is 1.87 bits per heavy atom. The SMILES string of the molecule is C[C@@]1(O)OOC(c2ccc(Cl)cc2)(c2ccc(Cl)cc2)C[C@@H]1S(=O)c1ccccc1. The molecule has 7 heteroatoms. The van der Waals surface area contributed by atoms with Gasteiger partial charge in [0.25, 0.3) is 0 Å². The molecule has 1 aliphatic rings. The summed E-state index contributed by atoms with van der Waals surface area (Å²) in [4.78, 5) is 12.0. The molecule has 1 N–H and O–H groups in total. The summed E-state index contributed by atoms with van der Waals surface area (Å²) in [7, 11) is -1.55. The fraction of sp³-hybridized carbons (Fsp3) is 0.217. The number of hydrogen-bond donors (Lipinski definition) is 1. The second-order valence-electron chi connectivity index (χ2n) is 7.37. The van der Waals surface area contributed by atoms with Crippen molar-refractivity contribution in [1.29, 1.82) is 0 Å². The topological polar surface area (TPSA) is 55.8 Å². The van der Waals surface area contributed by atoms with Gasteiger partial charge in [-0.2, -0.15) is 4.89 Å². The molecular formula is C23H20Cl2O4S. The molecule has 1 aliphatic heterocycles. The minimum absolute atomic E-state index is 0.213. The zero-order valence-electron chi connectivity index (χ0n) is 16.1. The van der Waals surface area contributed by atoms with Crippen LogP contribution in [0, 0.1) is 0 Å². The standard InChI is InChI=1S/C23H20Cl2O4S/c1-22(26)21(30(27)20-5-3-2-4-6-20)15-23(29-28-22,16-7-11-18(24)12-8-16)17-9-13-19(25)14-10-17/h2-14,21,26H,15H2,1H3/t21-,22+,30?/m0/s1. The van der Waals surface area contributed by atoms with Gasteiger partial charge in [0.15, 0.2) is 5.60 Å². The average Bonchev–Trinajstić information content (AvgIpc) is 2.75. The van der Waals surface area contributed by atoms with E-state index in [4.69, 9.17) is 33.0 Å². The fourth-order valence-electron chi connectivity index (χ4n) is 3.62. The molecular weight excluding hydrogens is 443 g/mol. The Morgan fingerprint density at radius 1 is 0.867 bits per heavy atom. The van der Waals surface area contributed by atoms with Crippen LogP contribution in [0.15, 0.2) is 83.8 Å². The van der Waals surface area contributed by atoms with Gasteiger partial charge in [0.05, 0.1) is 16.0 Å². The molecule has 1 unspecified atom stereocenters. The Labute approximate surface area is 187 Å². The lowest BCUT2D eigenvalue weighted by Gasteiger charge is -2.45. The minimum Gasteiger partial charge on any atom is -0.363 e. The van der Waals surface area contributed by atoms with Crippen LogP contribution in [0.4, 0.5) is 0 Å². The van der Waals surface area contributed by atoms with Gasteiger partial charge in [-0.15, -0.1) is 0 Å². The molecule has 3 atom stereocenters. The maximum absolute atomic E-state index is 13.4. The van der Waals surface area contributed by atoms with E-state index in [1.54, 1.807) is 36.4 Å². The number of rotatable bonds is 4. The first-order valence-corrected chi connectivity index (χ1v) is 11.4. The van der Waals surface area contributed by atoms with Crippen LogP contribution in [-0.4, -0.2) is 20.4 Å². The van der Waals surface area contributed by atoms with Crippen LogP contribution in [0.25, 0.3) is 0 Å². The summed E-state index contributed by atoms with van der Waals surface area (Å²) < 4.78 is 13.4. The van der Waals surface area contributed by atoms with Gasteiger partial charge in [0.2, 0.25) is 5.79 Å². The third kappa shape index (κ3) is 4.06. The maximum Gasteiger partial charge on any atom is 0.211 e. The van der Waals surface area contributed by atoms with Crippen molar-refractivity contribution in [2.24, 2.45) is 0 Å². The van der Waals surface area contributed by atoms with Crippen LogP contribution < -0.4 is 0 Å². The minimum atomic E-state index is -1.75. The second kappa shape index (κ2) is 8.42. The lowest BCUT2D eigenvalue weighted by atomic mass is 9.80. The van der Waals surface area contributed by atoms with E-state index in [1.807, 2.05) is 42.5 Å². The van der Waals surface area contributed by atoms with Gasteiger partial charge in [-0.1, -0.05) is 65.7 Å². The molecule has 0 saturated carbocycles. The molecule has 156 valence electrons. The molecule has 3 aromatic carbocycles. The molecule has 30 heavy (non-hydrogen) atoms. The number of halogens is 2. The first-order chi connectivity index (χ1) is 14.3. The van der Waals surface area contributed by atoms with E-state index < -0.39 is 27.4 Å². The summed E-state index contributed by atoms with van der Waals surface area (Å²) in [6, 6.07) is 23.4. The molecule has 1 heterocycles. The Hall–Kier alpha value is -1.73. The molecule has 4 nitrogen and oxygen atoms in total. The third-order valence-electron chi connectivity index (χ3n) is 5.28. The van der Waals surface area contributed by atoms with Crippen LogP contribution >= 0.6 is 23.2 Å². The van der Waals surface area contributed by atoms with Crippen LogP contribution in [0.3, 0.4) is 0 Å². The van der Waals surface area contributed by atoms with Gasteiger partial charge >= 0.3 is 0 Å². The van der Waals surface area contributed by atoms with E-state index in [1.165, 1.54) is 6.92 Å². The molecule has 3 aromatic rings. The average molecular weight is 463 g/mol. The lowest BCUT2D eigenvalue weighted by molar-refractivity contribution is -0.475. The first kappa shape index (κ1) is 21.5. The normalized spacial score (nSPS) is 24.3. The number of benzene rings is 3. The van der Waals surface area contributed by atoms with E-state index in [9.17, 15) is 9.32 Å². The van der Waals surface area contributed by atoms with Crippen molar-refractivity contribution in [3.05, 3.63) is 100 Å². The van der Waals surface area contributed by atoms with Crippen molar-refractivity contribution in [2.45, 2.75) is 34.9 Å². The summed E-state index contributed by atoms with van der Waals surface area (Å²) in [5.74, 6) is -1.75. The number of aliphatic hydroxyl groups is 1. The monoisotopic (exact) mass is 462 g/mol. The molecule has 0 aliphatic carbocycles.